The minimum absolute atomic E-state index is 0.0313. The van der Waals surface area contributed by atoms with Gasteiger partial charge in [0, 0.05) is 27.6 Å². The maximum atomic E-state index is 13.4. The number of aromatic amines is 1. The van der Waals surface area contributed by atoms with Gasteiger partial charge in [-0.25, -0.2) is 9.97 Å². The highest BCUT2D eigenvalue weighted by atomic mass is 19.4. The molecule has 0 aliphatic heterocycles. The van der Waals surface area contributed by atoms with Crippen LogP contribution in [-0.4, -0.2) is 35.8 Å². The van der Waals surface area contributed by atoms with Crippen molar-refractivity contribution in [3.05, 3.63) is 54.1 Å². The first-order valence-corrected chi connectivity index (χ1v) is 8.38. The summed E-state index contributed by atoms with van der Waals surface area (Å²) in [6.07, 6.45) is 0.909. The van der Waals surface area contributed by atoms with E-state index in [1.165, 1.54) is 23.0 Å². The second-order valence-electron chi connectivity index (χ2n) is 6.67. The van der Waals surface area contributed by atoms with Crippen molar-refractivity contribution < 1.29 is 22.4 Å². The second-order valence-corrected chi connectivity index (χ2v) is 6.67. The van der Waals surface area contributed by atoms with Crippen LogP contribution in [0, 0.1) is 6.85 Å². The number of halogens is 3. The molecule has 1 unspecified atom stereocenters. The zero-order chi connectivity index (χ0) is 23.5. The van der Waals surface area contributed by atoms with Crippen LogP contribution in [0.4, 0.5) is 19.0 Å². The van der Waals surface area contributed by atoms with Gasteiger partial charge in [0.1, 0.15) is 0 Å². The van der Waals surface area contributed by atoms with Crippen LogP contribution in [0.2, 0.25) is 0 Å². The lowest BCUT2D eigenvalue weighted by atomic mass is 9.91. The Hall–Kier alpha value is -3.40. The molecule has 0 bridgehead atoms. The lowest BCUT2D eigenvalue weighted by Gasteiger charge is -2.27. The average molecular weight is 405 g/mol. The summed E-state index contributed by atoms with van der Waals surface area (Å²) < 4.78 is 65.3. The van der Waals surface area contributed by atoms with Gasteiger partial charge in [-0.05, 0) is 31.0 Å². The SMILES string of the molecule is [2H]C([2H])([2H])c1ccc(C(C)(O)C(F)(F)F)cc1-c1cnc2c(N)nc(-c3cn[nH]c3)cn12. The van der Waals surface area contributed by atoms with Gasteiger partial charge in [-0.1, -0.05) is 12.1 Å². The van der Waals surface area contributed by atoms with E-state index in [2.05, 4.69) is 20.2 Å². The highest BCUT2D eigenvalue weighted by Crippen LogP contribution is 2.40. The van der Waals surface area contributed by atoms with Crippen molar-refractivity contribution in [3.8, 4) is 22.5 Å². The van der Waals surface area contributed by atoms with Gasteiger partial charge >= 0.3 is 6.18 Å². The number of nitrogen functional groups attached to an aromatic ring is 1. The van der Waals surface area contributed by atoms with Crippen molar-refractivity contribution in [3.63, 3.8) is 0 Å². The first-order chi connectivity index (χ1) is 14.8. The molecule has 0 fully saturated rings. The van der Waals surface area contributed by atoms with Crippen LogP contribution in [0.25, 0.3) is 28.2 Å². The number of nitrogens with two attached hydrogens (primary N) is 1. The third-order valence-electron chi connectivity index (χ3n) is 4.72. The lowest BCUT2D eigenvalue weighted by Crippen LogP contribution is -2.39. The molecule has 3 aromatic heterocycles. The fraction of sp³-hybridized carbons (Fsp3) is 0.211. The molecule has 1 aromatic carbocycles. The number of nitrogens with one attached hydrogen (secondary N) is 1. The molecule has 0 aliphatic rings. The maximum Gasteiger partial charge on any atom is 0.421 e. The number of aromatic nitrogens is 5. The fourth-order valence-electron chi connectivity index (χ4n) is 2.96. The molecule has 10 heteroatoms. The van der Waals surface area contributed by atoms with Crippen LogP contribution in [0.3, 0.4) is 0 Å². The second kappa shape index (κ2) is 6.31. The molecule has 4 rings (SSSR count). The molecular weight excluding hydrogens is 385 g/mol. The van der Waals surface area contributed by atoms with E-state index in [1.54, 1.807) is 6.20 Å². The Labute approximate surface area is 167 Å². The number of alkyl halides is 3. The van der Waals surface area contributed by atoms with E-state index >= 15 is 0 Å². The Morgan fingerprint density at radius 3 is 2.72 bits per heavy atom. The number of fused-ring (bicyclic) bond motifs is 1. The van der Waals surface area contributed by atoms with Gasteiger partial charge in [-0.2, -0.15) is 18.3 Å². The molecule has 1 atom stereocenters. The third-order valence-corrected chi connectivity index (χ3v) is 4.72. The number of H-pyrrole nitrogens is 1. The normalized spacial score (nSPS) is 16.2. The molecule has 150 valence electrons. The first kappa shape index (κ1) is 15.5. The van der Waals surface area contributed by atoms with Gasteiger partial charge in [0.25, 0.3) is 0 Å². The van der Waals surface area contributed by atoms with E-state index < -0.39 is 24.2 Å². The summed E-state index contributed by atoms with van der Waals surface area (Å²) in [5.41, 5.74) is 3.37. The van der Waals surface area contributed by atoms with Crippen molar-refractivity contribution in [1.82, 2.24) is 24.6 Å². The summed E-state index contributed by atoms with van der Waals surface area (Å²) in [6, 6.07) is 3.01. The van der Waals surface area contributed by atoms with Crippen molar-refractivity contribution in [2.75, 3.05) is 5.73 Å². The highest BCUT2D eigenvalue weighted by molar-refractivity contribution is 5.74. The molecule has 29 heavy (non-hydrogen) atoms. The number of imidazole rings is 1. The first-order valence-electron chi connectivity index (χ1n) is 9.88. The summed E-state index contributed by atoms with van der Waals surface area (Å²) in [6.45, 7) is -2.04. The molecule has 4 aromatic rings. The quantitative estimate of drug-likeness (QED) is 0.484. The van der Waals surface area contributed by atoms with Crippen LogP contribution in [0.15, 0.2) is 43.0 Å². The minimum atomic E-state index is -4.98. The minimum Gasteiger partial charge on any atom is -0.381 e. The van der Waals surface area contributed by atoms with E-state index in [1.807, 2.05) is 0 Å². The predicted octanol–water partition coefficient (Wildman–Crippen LogP) is 3.45. The molecule has 0 saturated carbocycles. The number of anilines is 1. The summed E-state index contributed by atoms with van der Waals surface area (Å²) >= 11 is 0. The summed E-state index contributed by atoms with van der Waals surface area (Å²) in [7, 11) is 0. The summed E-state index contributed by atoms with van der Waals surface area (Å²) in [5, 5.41) is 16.6. The predicted molar refractivity (Wildman–Crippen MR) is 101 cm³/mol. The van der Waals surface area contributed by atoms with Gasteiger partial charge in [0.15, 0.2) is 17.1 Å². The monoisotopic (exact) mass is 405 g/mol. The zero-order valence-corrected chi connectivity index (χ0v) is 15.0. The molecule has 0 aliphatic carbocycles. The molecule has 0 spiro atoms. The molecule has 7 nitrogen and oxygen atoms in total. The number of nitrogens with zero attached hydrogens (tertiary/aromatic N) is 4. The number of hydrogen-bond acceptors (Lipinski definition) is 5. The van der Waals surface area contributed by atoms with Gasteiger partial charge in [0.05, 0.1) is 23.8 Å². The summed E-state index contributed by atoms with van der Waals surface area (Å²) in [4.78, 5) is 8.41. The standard InChI is InChI=1S/C19H17F3N6O/c1-10-3-4-12(18(2,29)19(20,21)22)5-13(10)15-8-24-17-16(23)27-14(9-28(15)17)11-6-25-26-7-11/h3-9,29H,1-2H3,(H2,23,27)(H,25,26)/i1D3. The van der Waals surface area contributed by atoms with Crippen molar-refractivity contribution in [1.29, 1.82) is 0 Å². The molecule has 0 saturated heterocycles. The van der Waals surface area contributed by atoms with Gasteiger partial charge in [0.2, 0.25) is 0 Å². The third kappa shape index (κ3) is 3.01. The Kier molecular flexibility index (Phi) is 3.38. The number of rotatable bonds is 3. The van der Waals surface area contributed by atoms with E-state index in [4.69, 9.17) is 9.85 Å². The van der Waals surface area contributed by atoms with E-state index in [0.717, 1.165) is 18.2 Å². The highest BCUT2D eigenvalue weighted by Gasteiger charge is 2.51. The van der Waals surface area contributed by atoms with Crippen molar-refractivity contribution >= 4 is 11.5 Å². The molecular formula is C19H17F3N6O. The van der Waals surface area contributed by atoms with Crippen LogP contribution in [-0.2, 0) is 5.60 Å². The Morgan fingerprint density at radius 2 is 2.07 bits per heavy atom. The van der Waals surface area contributed by atoms with Crippen LogP contribution in [0.5, 0.6) is 0 Å². The van der Waals surface area contributed by atoms with E-state index in [0.29, 0.717) is 18.2 Å². The van der Waals surface area contributed by atoms with Crippen LogP contribution >= 0.6 is 0 Å². The number of aliphatic hydroxyl groups is 1. The largest absolute Gasteiger partial charge is 0.421 e. The average Bonchev–Trinajstić information content (AvgIpc) is 3.36. The molecule has 0 radical (unpaired) electrons. The van der Waals surface area contributed by atoms with Gasteiger partial charge in [-0.15, -0.1) is 0 Å². The van der Waals surface area contributed by atoms with E-state index in [9.17, 15) is 18.3 Å². The van der Waals surface area contributed by atoms with Crippen LogP contribution in [0.1, 0.15) is 22.2 Å². The Morgan fingerprint density at radius 1 is 1.28 bits per heavy atom. The topological polar surface area (TPSA) is 105 Å². The molecule has 0 amide bonds. The van der Waals surface area contributed by atoms with Gasteiger partial charge < -0.3 is 10.8 Å². The molecule has 3 heterocycles. The fourth-order valence-corrected chi connectivity index (χ4v) is 2.96. The molecule has 4 N–H and O–H groups in total. The zero-order valence-electron chi connectivity index (χ0n) is 18.0. The number of hydrogen-bond donors (Lipinski definition) is 3. The maximum absolute atomic E-state index is 13.4. The van der Waals surface area contributed by atoms with Crippen molar-refractivity contribution in [2.45, 2.75) is 25.6 Å². The van der Waals surface area contributed by atoms with E-state index in [-0.39, 0.29) is 28.3 Å². The van der Waals surface area contributed by atoms with Gasteiger partial charge in [-0.3, -0.25) is 9.50 Å². The van der Waals surface area contributed by atoms with Crippen LogP contribution < -0.4 is 5.73 Å². The summed E-state index contributed by atoms with van der Waals surface area (Å²) in [5.74, 6) is 0.0313. The number of benzene rings is 1. The smallest absolute Gasteiger partial charge is 0.381 e. The Bertz CT molecular complexity index is 1300. The lowest BCUT2D eigenvalue weighted by molar-refractivity contribution is -0.258. The number of aryl methyl sites for hydroxylation is 1. The Balaban J connectivity index is 2.01. The van der Waals surface area contributed by atoms with Crippen molar-refractivity contribution in [2.24, 2.45) is 0 Å².